The first kappa shape index (κ1) is 23.3. The highest BCUT2D eigenvalue weighted by atomic mass is 16.5. The molecular formula is C24H33NO6. The number of rotatable bonds is 9. The van der Waals surface area contributed by atoms with Gasteiger partial charge in [0.1, 0.15) is 19.0 Å². The van der Waals surface area contributed by atoms with Crippen molar-refractivity contribution in [1.29, 1.82) is 0 Å². The molecule has 0 N–H and O–H groups in total. The van der Waals surface area contributed by atoms with E-state index in [-0.39, 0.29) is 11.9 Å². The normalized spacial score (nSPS) is 16.8. The van der Waals surface area contributed by atoms with E-state index >= 15 is 0 Å². The van der Waals surface area contributed by atoms with Crippen molar-refractivity contribution in [2.24, 2.45) is 0 Å². The predicted molar refractivity (Wildman–Crippen MR) is 117 cm³/mol. The van der Waals surface area contributed by atoms with Gasteiger partial charge >= 0.3 is 11.9 Å². The average molecular weight is 432 g/mol. The molecular weight excluding hydrogens is 398 g/mol. The highest BCUT2D eigenvalue weighted by Crippen LogP contribution is 2.37. The van der Waals surface area contributed by atoms with Gasteiger partial charge in [0.15, 0.2) is 0 Å². The smallest absolute Gasteiger partial charge is 0.339 e. The number of ether oxygens (including phenoxy) is 4. The van der Waals surface area contributed by atoms with Gasteiger partial charge in [-0.25, -0.2) is 4.79 Å². The molecule has 0 unspecified atom stereocenters. The largest absolute Gasteiger partial charge is 0.496 e. The zero-order valence-corrected chi connectivity index (χ0v) is 19.0. The summed E-state index contributed by atoms with van der Waals surface area (Å²) in [7, 11) is 1.65. The van der Waals surface area contributed by atoms with Crippen LogP contribution in [0.15, 0.2) is 11.6 Å². The molecule has 2 heterocycles. The van der Waals surface area contributed by atoms with Crippen molar-refractivity contribution in [2.45, 2.75) is 46.6 Å². The van der Waals surface area contributed by atoms with E-state index in [4.69, 9.17) is 18.9 Å². The summed E-state index contributed by atoms with van der Waals surface area (Å²) in [5.74, 6) is 0.368. The SMILES string of the molecule is COc1c(C)c2c(c(C)c1CC=C(C)CCC(=O)OCCN1CCOCC1)C(=O)OC2. The summed E-state index contributed by atoms with van der Waals surface area (Å²) in [6.45, 7) is 10.7. The molecule has 1 fully saturated rings. The van der Waals surface area contributed by atoms with Crippen LogP contribution in [0, 0.1) is 13.8 Å². The number of esters is 2. The van der Waals surface area contributed by atoms with Crippen molar-refractivity contribution in [3.63, 3.8) is 0 Å². The highest BCUT2D eigenvalue weighted by Gasteiger charge is 2.29. The van der Waals surface area contributed by atoms with E-state index in [1.165, 1.54) is 0 Å². The molecule has 7 nitrogen and oxygen atoms in total. The lowest BCUT2D eigenvalue weighted by atomic mass is 9.91. The summed E-state index contributed by atoms with van der Waals surface area (Å²) in [5.41, 5.74) is 5.55. The Kier molecular flexibility index (Phi) is 8.09. The fourth-order valence-electron chi connectivity index (χ4n) is 4.15. The van der Waals surface area contributed by atoms with Crippen LogP contribution in [0.3, 0.4) is 0 Å². The summed E-state index contributed by atoms with van der Waals surface area (Å²) >= 11 is 0. The zero-order valence-electron chi connectivity index (χ0n) is 19.0. The molecule has 0 saturated carbocycles. The Hall–Kier alpha value is -2.38. The van der Waals surface area contributed by atoms with Crippen LogP contribution in [0.2, 0.25) is 0 Å². The molecule has 0 aliphatic carbocycles. The predicted octanol–water partition coefficient (Wildman–Crippen LogP) is 3.13. The molecule has 0 spiro atoms. The van der Waals surface area contributed by atoms with E-state index < -0.39 is 0 Å². The number of morpholine rings is 1. The molecule has 7 heteroatoms. The molecule has 3 rings (SSSR count). The van der Waals surface area contributed by atoms with E-state index in [0.717, 1.165) is 66.4 Å². The van der Waals surface area contributed by atoms with E-state index in [9.17, 15) is 9.59 Å². The molecule has 0 aromatic heterocycles. The van der Waals surface area contributed by atoms with Crippen LogP contribution in [-0.2, 0) is 32.0 Å². The molecule has 1 aromatic rings. The number of allylic oxidation sites excluding steroid dienone is 2. The second kappa shape index (κ2) is 10.8. The second-order valence-electron chi connectivity index (χ2n) is 8.12. The monoisotopic (exact) mass is 431 g/mol. The third-order valence-electron chi connectivity index (χ3n) is 6.11. The number of hydrogen-bond donors (Lipinski definition) is 0. The molecule has 31 heavy (non-hydrogen) atoms. The minimum absolute atomic E-state index is 0.175. The standard InChI is InChI=1S/C24H33NO6/c1-16(6-8-21(26)30-14-11-25-9-12-29-13-10-25)5-7-19-17(2)22-20(15-31-24(22)27)18(3)23(19)28-4/h5H,6-15H2,1-4H3. The molecule has 0 bridgehead atoms. The maximum Gasteiger partial charge on any atom is 0.339 e. The van der Waals surface area contributed by atoms with Gasteiger partial charge < -0.3 is 18.9 Å². The Balaban J connectivity index is 1.53. The number of carbonyl (C=O) groups is 2. The first-order chi connectivity index (χ1) is 14.9. The van der Waals surface area contributed by atoms with Crippen LogP contribution in [0.1, 0.15) is 52.4 Å². The minimum atomic E-state index is -0.264. The summed E-state index contributed by atoms with van der Waals surface area (Å²) < 4.78 is 21.6. The van der Waals surface area contributed by atoms with Gasteiger partial charge in [-0.05, 0) is 44.7 Å². The van der Waals surface area contributed by atoms with Crippen LogP contribution < -0.4 is 4.74 Å². The molecule has 0 amide bonds. The maximum atomic E-state index is 12.2. The summed E-state index contributed by atoms with van der Waals surface area (Å²) in [5, 5.41) is 0. The Morgan fingerprint density at radius 2 is 1.90 bits per heavy atom. The molecule has 1 aromatic carbocycles. The van der Waals surface area contributed by atoms with Gasteiger partial charge in [-0.1, -0.05) is 11.6 Å². The average Bonchev–Trinajstić information content (AvgIpc) is 3.16. The maximum absolute atomic E-state index is 12.2. The number of benzene rings is 1. The van der Waals surface area contributed by atoms with Gasteiger partial charge in [0.25, 0.3) is 0 Å². The molecule has 170 valence electrons. The Bertz CT molecular complexity index is 854. The van der Waals surface area contributed by atoms with E-state index in [2.05, 4.69) is 11.0 Å². The van der Waals surface area contributed by atoms with Crippen LogP contribution >= 0.6 is 0 Å². The van der Waals surface area contributed by atoms with Crippen molar-refractivity contribution in [3.8, 4) is 5.75 Å². The number of carbonyl (C=O) groups excluding carboxylic acids is 2. The third kappa shape index (κ3) is 5.66. The molecule has 2 aliphatic rings. The van der Waals surface area contributed by atoms with Gasteiger partial charge in [-0.3, -0.25) is 9.69 Å². The minimum Gasteiger partial charge on any atom is -0.496 e. The zero-order chi connectivity index (χ0) is 22.4. The van der Waals surface area contributed by atoms with Gasteiger partial charge in [-0.2, -0.15) is 0 Å². The topological polar surface area (TPSA) is 74.3 Å². The number of hydrogen-bond acceptors (Lipinski definition) is 7. The number of nitrogens with zero attached hydrogens (tertiary/aromatic N) is 1. The van der Waals surface area contributed by atoms with E-state index in [1.54, 1.807) is 7.11 Å². The third-order valence-corrected chi connectivity index (χ3v) is 6.11. The van der Waals surface area contributed by atoms with Gasteiger partial charge in [0.05, 0.1) is 25.9 Å². The van der Waals surface area contributed by atoms with Crippen LogP contribution in [0.25, 0.3) is 0 Å². The lowest BCUT2D eigenvalue weighted by Crippen LogP contribution is -2.38. The van der Waals surface area contributed by atoms with Crippen molar-refractivity contribution >= 4 is 11.9 Å². The van der Waals surface area contributed by atoms with Crippen LogP contribution in [-0.4, -0.2) is 63.4 Å². The van der Waals surface area contributed by atoms with Gasteiger partial charge in [-0.15, -0.1) is 0 Å². The summed E-state index contributed by atoms with van der Waals surface area (Å²) in [6.07, 6.45) is 3.73. The molecule has 2 aliphatic heterocycles. The van der Waals surface area contributed by atoms with Crippen LogP contribution in [0.4, 0.5) is 0 Å². The molecule has 1 saturated heterocycles. The van der Waals surface area contributed by atoms with Crippen molar-refractivity contribution < 1.29 is 28.5 Å². The number of cyclic esters (lactones) is 1. The van der Waals surface area contributed by atoms with Gasteiger partial charge in [0, 0.05) is 37.2 Å². The second-order valence-corrected chi connectivity index (χ2v) is 8.12. The van der Waals surface area contributed by atoms with E-state index in [1.807, 2.05) is 20.8 Å². The number of methoxy groups -OCH3 is 1. The Morgan fingerprint density at radius 3 is 2.61 bits per heavy atom. The summed E-state index contributed by atoms with van der Waals surface area (Å²) in [6, 6.07) is 0. The van der Waals surface area contributed by atoms with Crippen molar-refractivity contribution in [1.82, 2.24) is 4.90 Å². The Labute approximate surface area is 184 Å². The number of fused-ring (bicyclic) bond motifs is 1. The quantitative estimate of drug-likeness (QED) is 0.439. The van der Waals surface area contributed by atoms with Crippen LogP contribution in [0.5, 0.6) is 5.75 Å². The molecule has 0 radical (unpaired) electrons. The summed E-state index contributed by atoms with van der Waals surface area (Å²) in [4.78, 5) is 26.5. The fraction of sp³-hybridized carbons (Fsp3) is 0.583. The van der Waals surface area contributed by atoms with Gasteiger partial charge in [0.2, 0.25) is 0 Å². The lowest BCUT2D eigenvalue weighted by molar-refractivity contribution is -0.144. The van der Waals surface area contributed by atoms with Crippen molar-refractivity contribution in [3.05, 3.63) is 39.5 Å². The lowest BCUT2D eigenvalue weighted by Gasteiger charge is -2.26. The highest BCUT2D eigenvalue weighted by molar-refractivity contribution is 5.96. The first-order valence-corrected chi connectivity index (χ1v) is 10.9. The van der Waals surface area contributed by atoms with Crippen molar-refractivity contribution in [2.75, 3.05) is 46.6 Å². The fourth-order valence-corrected chi connectivity index (χ4v) is 4.15. The van der Waals surface area contributed by atoms with E-state index in [0.29, 0.717) is 38.0 Å². The first-order valence-electron chi connectivity index (χ1n) is 10.9. The molecule has 0 atom stereocenters. The Morgan fingerprint density at radius 1 is 1.16 bits per heavy atom.